The maximum atomic E-state index is 14.2. The molecule has 0 unspecified atom stereocenters. The van der Waals surface area contributed by atoms with Crippen LogP contribution in [0.3, 0.4) is 0 Å². The van der Waals surface area contributed by atoms with Crippen LogP contribution >= 0.6 is 0 Å². The third kappa shape index (κ3) is 10.4. The van der Waals surface area contributed by atoms with Gasteiger partial charge in [0.05, 0.1) is 30.4 Å². The SMILES string of the molecule is CC(C)NC(=O)Nc1ccc2c(c1)C(=O)N([C@H](C)CO)C[C@H](C)[C@@H](CN(C)C(=O)C1CCCCC1)OCCCC[C@H](C)O2. The Labute approximate surface area is 257 Å². The van der Waals surface area contributed by atoms with Crippen LogP contribution in [0, 0.1) is 11.8 Å². The number of anilines is 1. The number of rotatable bonds is 7. The van der Waals surface area contributed by atoms with E-state index in [2.05, 4.69) is 10.6 Å². The second-order valence-corrected chi connectivity index (χ2v) is 12.8. The lowest BCUT2D eigenvalue weighted by molar-refractivity contribution is -0.137. The summed E-state index contributed by atoms with van der Waals surface area (Å²) in [6, 6.07) is 4.21. The molecule has 4 atom stereocenters. The van der Waals surface area contributed by atoms with E-state index in [1.165, 1.54) is 6.42 Å². The number of nitrogens with zero attached hydrogens (tertiary/aromatic N) is 2. The minimum atomic E-state index is -0.476. The van der Waals surface area contributed by atoms with Gasteiger partial charge in [0, 0.05) is 50.3 Å². The molecule has 1 aliphatic heterocycles. The number of likely N-dealkylation sites (N-methyl/N-ethyl adjacent to an activating group) is 1. The van der Waals surface area contributed by atoms with Crippen molar-refractivity contribution in [3.05, 3.63) is 23.8 Å². The summed E-state index contributed by atoms with van der Waals surface area (Å²) in [5, 5.41) is 15.8. The molecular formula is C33H54N4O6. The van der Waals surface area contributed by atoms with E-state index in [0.29, 0.717) is 36.7 Å². The fourth-order valence-electron chi connectivity index (χ4n) is 5.91. The van der Waals surface area contributed by atoms with Gasteiger partial charge >= 0.3 is 6.03 Å². The van der Waals surface area contributed by atoms with Crippen molar-refractivity contribution in [2.75, 3.05) is 38.7 Å². The zero-order valence-corrected chi connectivity index (χ0v) is 27.1. The summed E-state index contributed by atoms with van der Waals surface area (Å²) in [4.78, 5) is 43.4. The third-order valence-corrected chi connectivity index (χ3v) is 8.51. The van der Waals surface area contributed by atoms with E-state index < -0.39 is 6.04 Å². The van der Waals surface area contributed by atoms with Crippen molar-refractivity contribution in [3.63, 3.8) is 0 Å². The minimum absolute atomic E-state index is 0.0438. The van der Waals surface area contributed by atoms with Crippen LogP contribution in [0.2, 0.25) is 0 Å². The van der Waals surface area contributed by atoms with E-state index in [4.69, 9.17) is 9.47 Å². The first kappa shape index (κ1) is 34.6. The van der Waals surface area contributed by atoms with Gasteiger partial charge in [0.1, 0.15) is 5.75 Å². The molecule has 1 heterocycles. The molecule has 1 aromatic rings. The number of aliphatic hydroxyl groups is 1. The van der Waals surface area contributed by atoms with Crippen molar-refractivity contribution in [2.45, 2.75) is 110 Å². The smallest absolute Gasteiger partial charge is 0.319 e. The van der Waals surface area contributed by atoms with Gasteiger partial charge in [-0.05, 0) is 78.0 Å². The standard InChI is InChI=1S/C33H54N4O6/c1-22(2)34-33(41)35-27-15-16-29-28(18-27)32(40)37(24(4)21-38)19-23(3)30(42-17-11-10-12-25(5)43-29)20-36(6)31(39)26-13-8-7-9-14-26/h15-16,18,22-26,30,38H,7-14,17,19-21H2,1-6H3,(H2,34,35,41)/t23-,24+,25-,30+/m0/s1. The maximum absolute atomic E-state index is 14.2. The van der Waals surface area contributed by atoms with E-state index >= 15 is 0 Å². The summed E-state index contributed by atoms with van der Waals surface area (Å²) in [6.45, 7) is 10.7. The van der Waals surface area contributed by atoms with E-state index in [1.807, 2.05) is 46.6 Å². The minimum Gasteiger partial charge on any atom is -0.490 e. The van der Waals surface area contributed by atoms with Crippen LogP contribution in [0.1, 0.15) is 96.3 Å². The lowest BCUT2D eigenvalue weighted by Crippen LogP contribution is -2.48. The van der Waals surface area contributed by atoms with E-state index in [-0.39, 0.29) is 54.5 Å². The zero-order chi connectivity index (χ0) is 31.5. The molecule has 1 saturated carbocycles. The highest BCUT2D eigenvalue weighted by Gasteiger charge is 2.32. The monoisotopic (exact) mass is 602 g/mol. The molecule has 0 aromatic heterocycles. The van der Waals surface area contributed by atoms with Gasteiger partial charge in [-0.3, -0.25) is 9.59 Å². The molecule has 10 heteroatoms. The van der Waals surface area contributed by atoms with E-state index in [9.17, 15) is 19.5 Å². The highest BCUT2D eigenvalue weighted by molar-refractivity contribution is 5.99. The Balaban J connectivity index is 1.90. The van der Waals surface area contributed by atoms with Crippen LogP contribution < -0.4 is 15.4 Å². The Kier molecular flexibility index (Phi) is 13.6. The topological polar surface area (TPSA) is 120 Å². The fourth-order valence-corrected chi connectivity index (χ4v) is 5.91. The molecule has 10 nitrogen and oxygen atoms in total. The van der Waals surface area contributed by atoms with Crippen LogP contribution in [-0.2, 0) is 9.53 Å². The number of urea groups is 1. The van der Waals surface area contributed by atoms with Gasteiger partial charge in [-0.25, -0.2) is 4.79 Å². The predicted octanol–water partition coefficient (Wildman–Crippen LogP) is 5.05. The average molecular weight is 603 g/mol. The number of amides is 4. The highest BCUT2D eigenvalue weighted by Crippen LogP contribution is 2.29. The average Bonchev–Trinajstić information content (AvgIpc) is 2.98. The summed E-state index contributed by atoms with van der Waals surface area (Å²) < 4.78 is 12.7. The van der Waals surface area contributed by atoms with Crippen LogP contribution in [0.4, 0.5) is 10.5 Å². The van der Waals surface area contributed by atoms with Crippen molar-refractivity contribution in [1.29, 1.82) is 0 Å². The highest BCUT2D eigenvalue weighted by atomic mass is 16.5. The Morgan fingerprint density at radius 1 is 1.07 bits per heavy atom. The molecule has 3 rings (SSSR count). The molecule has 0 spiro atoms. The van der Waals surface area contributed by atoms with E-state index in [0.717, 1.165) is 44.9 Å². The molecule has 4 amide bonds. The molecule has 3 N–H and O–H groups in total. The molecule has 43 heavy (non-hydrogen) atoms. The van der Waals surface area contributed by atoms with Crippen molar-refractivity contribution < 1.29 is 29.0 Å². The van der Waals surface area contributed by atoms with E-state index in [1.54, 1.807) is 23.1 Å². The Hall–Kier alpha value is -2.85. The summed E-state index contributed by atoms with van der Waals surface area (Å²) in [6.07, 6.45) is 7.38. The van der Waals surface area contributed by atoms with Crippen LogP contribution in [0.15, 0.2) is 18.2 Å². The molecule has 242 valence electrons. The van der Waals surface area contributed by atoms with Gasteiger partial charge in [-0.15, -0.1) is 0 Å². The molecule has 0 saturated heterocycles. The Bertz CT molecular complexity index is 1060. The molecule has 1 aromatic carbocycles. The maximum Gasteiger partial charge on any atom is 0.319 e. The first-order valence-electron chi connectivity index (χ1n) is 16.2. The van der Waals surface area contributed by atoms with Gasteiger partial charge < -0.3 is 35.0 Å². The number of hydrogen-bond donors (Lipinski definition) is 3. The molecule has 2 aliphatic rings. The van der Waals surface area contributed by atoms with Crippen molar-refractivity contribution >= 4 is 23.5 Å². The third-order valence-electron chi connectivity index (χ3n) is 8.51. The number of fused-ring (bicyclic) bond motifs is 1. The number of carbonyl (C=O) groups excluding carboxylic acids is 3. The number of hydrogen-bond acceptors (Lipinski definition) is 6. The molecular weight excluding hydrogens is 548 g/mol. The lowest BCUT2D eigenvalue weighted by Gasteiger charge is -2.36. The first-order valence-corrected chi connectivity index (χ1v) is 16.2. The molecule has 1 aliphatic carbocycles. The zero-order valence-electron chi connectivity index (χ0n) is 27.1. The second-order valence-electron chi connectivity index (χ2n) is 12.8. The second kappa shape index (κ2) is 16.9. The van der Waals surface area contributed by atoms with Crippen molar-refractivity contribution in [1.82, 2.24) is 15.1 Å². The summed E-state index contributed by atoms with van der Waals surface area (Å²) in [7, 11) is 1.86. The van der Waals surface area contributed by atoms with Crippen LogP contribution in [0.5, 0.6) is 5.75 Å². The van der Waals surface area contributed by atoms with Gasteiger partial charge in [-0.2, -0.15) is 0 Å². The number of ether oxygens (including phenoxy) is 2. The number of nitrogens with one attached hydrogen (secondary N) is 2. The van der Waals surface area contributed by atoms with Crippen molar-refractivity contribution in [2.24, 2.45) is 11.8 Å². The quantitative estimate of drug-likeness (QED) is 0.402. The summed E-state index contributed by atoms with van der Waals surface area (Å²) >= 11 is 0. The number of carbonyl (C=O) groups is 3. The largest absolute Gasteiger partial charge is 0.490 e. The van der Waals surface area contributed by atoms with Gasteiger partial charge in [0.2, 0.25) is 5.91 Å². The van der Waals surface area contributed by atoms with Crippen molar-refractivity contribution in [3.8, 4) is 5.75 Å². The lowest BCUT2D eigenvalue weighted by atomic mass is 9.88. The summed E-state index contributed by atoms with van der Waals surface area (Å²) in [5.74, 6) is 0.268. The summed E-state index contributed by atoms with van der Waals surface area (Å²) in [5.41, 5.74) is 0.789. The fraction of sp³-hybridized carbons (Fsp3) is 0.727. The van der Waals surface area contributed by atoms with Crippen LogP contribution in [0.25, 0.3) is 0 Å². The number of aliphatic hydroxyl groups excluding tert-OH is 1. The first-order chi connectivity index (χ1) is 20.5. The van der Waals surface area contributed by atoms with Gasteiger partial charge in [0.15, 0.2) is 0 Å². The predicted molar refractivity (Wildman–Crippen MR) is 168 cm³/mol. The molecule has 0 radical (unpaired) electrons. The Morgan fingerprint density at radius 2 is 1.77 bits per heavy atom. The molecule has 0 bridgehead atoms. The Morgan fingerprint density at radius 3 is 2.44 bits per heavy atom. The normalized spacial score (nSPS) is 23.5. The van der Waals surface area contributed by atoms with Gasteiger partial charge in [-0.1, -0.05) is 26.2 Å². The molecule has 1 fully saturated rings. The van der Waals surface area contributed by atoms with Crippen LogP contribution in [-0.4, -0.2) is 90.4 Å². The van der Waals surface area contributed by atoms with Gasteiger partial charge in [0.25, 0.3) is 5.91 Å². The number of benzene rings is 1.